The number of rotatable bonds is 0. The van der Waals surface area contributed by atoms with Crippen LogP contribution in [0.3, 0.4) is 0 Å². The minimum absolute atomic E-state index is 0.0405. The van der Waals surface area contributed by atoms with E-state index < -0.39 is 0 Å². The molecule has 3 aliphatic carbocycles. The second-order valence-electron chi connectivity index (χ2n) is 4.78. The average molecular weight is 190 g/mol. The molecule has 0 radical (unpaired) electrons. The quantitative estimate of drug-likeness (QED) is 0.409. The van der Waals surface area contributed by atoms with Crippen molar-refractivity contribution in [3.8, 4) is 0 Å². The molecule has 0 unspecified atom stereocenters. The molecule has 0 aromatic heterocycles. The van der Waals surface area contributed by atoms with Gasteiger partial charge in [0.1, 0.15) is 0 Å². The zero-order valence-electron chi connectivity index (χ0n) is 7.55. The zero-order chi connectivity index (χ0) is 9.45. The van der Waals surface area contributed by atoms with Crippen LogP contribution in [-0.2, 0) is 14.3 Å². The Morgan fingerprint density at radius 2 is 1.50 bits per heavy atom. The monoisotopic (exact) mass is 190 g/mol. The number of allylic oxidation sites excluding steroid dienone is 2. The van der Waals surface area contributed by atoms with Crippen LogP contribution in [0.1, 0.15) is 6.42 Å². The summed E-state index contributed by atoms with van der Waals surface area (Å²) in [4.78, 5) is 23.7. The fourth-order valence-corrected chi connectivity index (χ4v) is 3.52. The molecule has 1 saturated heterocycles. The summed E-state index contributed by atoms with van der Waals surface area (Å²) in [6.45, 7) is 0. The van der Waals surface area contributed by atoms with Crippen molar-refractivity contribution in [1.82, 2.24) is 0 Å². The van der Waals surface area contributed by atoms with Gasteiger partial charge in [0, 0.05) is 11.8 Å². The van der Waals surface area contributed by atoms with Gasteiger partial charge in [0.2, 0.25) is 0 Å². The Bertz CT molecular complexity index is 350. The van der Waals surface area contributed by atoms with Crippen molar-refractivity contribution in [2.75, 3.05) is 0 Å². The molecule has 4 aliphatic rings. The number of carbonyl (C=O) groups excluding carboxylic acids is 2. The molecule has 72 valence electrons. The van der Waals surface area contributed by atoms with E-state index in [9.17, 15) is 9.59 Å². The molecule has 4 rings (SSSR count). The highest BCUT2D eigenvalue weighted by atomic mass is 16.6. The maximum absolute atomic E-state index is 11.9. The van der Waals surface area contributed by atoms with Crippen LogP contribution in [0.5, 0.6) is 0 Å². The van der Waals surface area contributed by atoms with Crippen molar-refractivity contribution >= 4 is 11.6 Å². The van der Waals surface area contributed by atoms with Crippen LogP contribution in [0, 0.1) is 23.7 Å². The number of ether oxygens (including phenoxy) is 1. The van der Waals surface area contributed by atoms with Gasteiger partial charge in [0.25, 0.3) is 0 Å². The number of Topliss-reactive ketones (excluding diaryl/α,β-unsaturated/α-hetero) is 2. The van der Waals surface area contributed by atoms with E-state index in [2.05, 4.69) is 12.2 Å². The lowest BCUT2D eigenvalue weighted by molar-refractivity contribution is -0.135. The highest BCUT2D eigenvalue weighted by molar-refractivity contribution is 6.06. The molecule has 14 heavy (non-hydrogen) atoms. The van der Waals surface area contributed by atoms with Crippen molar-refractivity contribution in [3.05, 3.63) is 12.2 Å². The van der Waals surface area contributed by atoms with Gasteiger partial charge in [-0.2, -0.15) is 0 Å². The summed E-state index contributed by atoms with van der Waals surface area (Å²) in [6, 6.07) is 0. The van der Waals surface area contributed by atoms with Crippen LogP contribution in [0.2, 0.25) is 0 Å². The Kier molecular flexibility index (Phi) is 1.05. The van der Waals surface area contributed by atoms with Gasteiger partial charge in [-0.25, -0.2) is 0 Å². The molecule has 1 heterocycles. The highest BCUT2D eigenvalue weighted by Gasteiger charge is 2.66. The van der Waals surface area contributed by atoms with E-state index in [1.54, 1.807) is 0 Å². The van der Waals surface area contributed by atoms with Crippen LogP contribution >= 0.6 is 0 Å². The average Bonchev–Trinajstić information content (AvgIpc) is 2.74. The summed E-state index contributed by atoms with van der Waals surface area (Å²) in [6.07, 6.45) is 4.50. The first kappa shape index (κ1) is 7.35. The number of hydrogen-bond donors (Lipinski definition) is 0. The molecular formula is C11H10O3. The maximum atomic E-state index is 11.9. The SMILES string of the molecule is O=C1[C@H]2[C@H](C(=O)[C@@H]3O[C@H]13)[C@H]1C=C[C@@H]2C1. The molecule has 0 aromatic carbocycles. The third-order valence-corrected chi connectivity index (χ3v) is 4.17. The first-order chi connectivity index (χ1) is 6.77. The maximum Gasteiger partial charge on any atom is 0.169 e. The summed E-state index contributed by atoms with van der Waals surface area (Å²) >= 11 is 0. The van der Waals surface area contributed by atoms with Crippen molar-refractivity contribution in [1.29, 1.82) is 0 Å². The second-order valence-corrected chi connectivity index (χ2v) is 4.78. The number of hydrogen-bond acceptors (Lipinski definition) is 3. The summed E-state index contributed by atoms with van der Waals surface area (Å²) < 4.78 is 5.14. The smallest absolute Gasteiger partial charge is 0.169 e. The molecule has 2 saturated carbocycles. The van der Waals surface area contributed by atoms with Gasteiger partial charge in [-0.1, -0.05) is 12.2 Å². The number of epoxide rings is 1. The van der Waals surface area contributed by atoms with Crippen LogP contribution in [0.4, 0.5) is 0 Å². The topological polar surface area (TPSA) is 46.7 Å². The predicted octanol–water partition coefficient (Wildman–Crippen LogP) is 0.344. The van der Waals surface area contributed by atoms with Crippen LogP contribution in [-0.4, -0.2) is 23.8 Å². The summed E-state index contributed by atoms with van der Waals surface area (Å²) in [5.74, 6) is 0.952. The summed E-state index contributed by atoms with van der Waals surface area (Å²) in [5.41, 5.74) is 0. The number of fused-ring (bicyclic) bond motifs is 6. The second kappa shape index (κ2) is 2.01. The number of ketones is 2. The van der Waals surface area contributed by atoms with Crippen molar-refractivity contribution in [3.63, 3.8) is 0 Å². The van der Waals surface area contributed by atoms with Gasteiger partial charge in [-0.15, -0.1) is 0 Å². The molecule has 0 N–H and O–H groups in total. The zero-order valence-corrected chi connectivity index (χ0v) is 7.55. The third kappa shape index (κ3) is 0.630. The van der Waals surface area contributed by atoms with Gasteiger partial charge < -0.3 is 4.74 Å². The van der Waals surface area contributed by atoms with E-state index in [1.807, 2.05) is 0 Å². The first-order valence-electron chi connectivity index (χ1n) is 5.18. The first-order valence-corrected chi connectivity index (χ1v) is 5.18. The minimum Gasteiger partial charge on any atom is -0.353 e. The largest absolute Gasteiger partial charge is 0.353 e. The standard InChI is InChI=1S/C11H10O3/c12-8-6-4-1-2-5(3-4)7(6)9(13)11-10(8)14-11/h1-2,4-7,10-11H,3H2/t4-,5+,6-,7-,10-,11+/m1/s1. The van der Waals surface area contributed by atoms with Gasteiger partial charge in [0.05, 0.1) is 0 Å². The molecule has 2 bridgehead atoms. The van der Waals surface area contributed by atoms with Crippen LogP contribution in [0.15, 0.2) is 12.2 Å². The molecular weight excluding hydrogens is 180 g/mol. The van der Waals surface area contributed by atoms with Crippen molar-refractivity contribution in [2.24, 2.45) is 23.7 Å². The van der Waals surface area contributed by atoms with Gasteiger partial charge in [-0.3, -0.25) is 9.59 Å². The van der Waals surface area contributed by atoms with Crippen molar-refractivity contribution in [2.45, 2.75) is 18.6 Å². The summed E-state index contributed by atoms with van der Waals surface area (Å²) in [5, 5.41) is 0. The van der Waals surface area contributed by atoms with E-state index in [-0.39, 0.29) is 35.6 Å². The molecule has 1 aliphatic heterocycles. The molecule has 3 heteroatoms. The normalized spacial score (nSPS) is 57.4. The fourth-order valence-electron chi connectivity index (χ4n) is 3.52. The lowest BCUT2D eigenvalue weighted by Crippen LogP contribution is -2.43. The predicted molar refractivity (Wildman–Crippen MR) is 46.4 cm³/mol. The van der Waals surface area contributed by atoms with E-state index in [1.165, 1.54) is 0 Å². The third-order valence-electron chi connectivity index (χ3n) is 4.17. The Morgan fingerprint density at radius 1 is 1.00 bits per heavy atom. The summed E-state index contributed by atoms with van der Waals surface area (Å²) in [7, 11) is 0. The van der Waals surface area contributed by atoms with Crippen LogP contribution in [0.25, 0.3) is 0 Å². The van der Waals surface area contributed by atoms with Gasteiger partial charge in [0.15, 0.2) is 23.8 Å². The Hall–Kier alpha value is -0.960. The Balaban J connectivity index is 1.84. The molecule has 3 fully saturated rings. The lowest BCUT2D eigenvalue weighted by Gasteiger charge is -2.27. The Labute approximate surface area is 81.1 Å². The fraction of sp³-hybridized carbons (Fsp3) is 0.636. The lowest BCUT2D eigenvalue weighted by atomic mass is 9.72. The van der Waals surface area contributed by atoms with E-state index in [4.69, 9.17) is 4.74 Å². The highest BCUT2D eigenvalue weighted by Crippen LogP contribution is 2.54. The van der Waals surface area contributed by atoms with Gasteiger partial charge >= 0.3 is 0 Å². The number of carbonyl (C=O) groups is 2. The van der Waals surface area contributed by atoms with Crippen LogP contribution < -0.4 is 0 Å². The van der Waals surface area contributed by atoms with E-state index in [0.717, 1.165) is 6.42 Å². The van der Waals surface area contributed by atoms with Gasteiger partial charge in [-0.05, 0) is 18.3 Å². The molecule has 0 amide bonds. The minimum atomic E-state index is -0.364. The Morgan fingerprint density at radius 3 is 2.00 bits per heavy atom. The van der Waals surface area contributed by atoms with E-state index >= 15 is 0 Å². The van der Waals surface area contributed by atoms with E-state index in [0.29, 0.717) is 11.8 Å². The molecule has 0 aromatic rings. The van der Waals surface area contributed by atoms with Crippen molar-refractivity contribution < 1.29 is 14.3 Å². The molecule has 6 atom stereocenters. The molecule has 3 nitrogen and oxygen atoms in total. The molecule has 0 spiro atoms.